The molecular weight excluding hydrogens is 246 g/mol. The predicted octanol–water partition coefficient (Wildman–Crippen LogP) is 4.39. The summed E-state index contributed by atoms with van der Waals surface area (Å²) in [5, 5.41) is 3.88. The average molecular weight is 281 g/mol. The van der Waals surface area contributed by atoms with Gasteiger partial charge in [-0.2, -0.15) is 0 Å². The minimum Gasteiger partial charge on any atom is -0.377 e. The minimum atomic E-state index is 0.125. The lowest BCUT2D eigenvalue weighted by molar-refractivity contribution is -0.0609. The third-order valence-electron chi connectivity index (χ3n) is 6.15. The van der Waals surface area contributed by atoms with Gasteiger partial charge >= 0.3 is 0 Å². The van der Waals surface area contributed by atoms with E-state index >= 15 is 0 Å². The third-order valence-corrected chi connectivity index (χ3v) is 6.15. The lowest BCUT2D eigenvalue weighted by Crippen LogP contribution is -2.55. The van der Waals surface area contributed by atoms with Gasteiger partial charge in [0.05, 0.1) is 5.60 Å². The fraction of sp³-hybridized carbons (Fsp3) is 1.00. The van der Waals surface area contributed by atoms with Gasteiger partial charge in [-0.1, -0.05) is 40.0 Å². The first kappa shape index (κ1) is 16.3. The Bertz CT molecular complexity index is 285. The van der Waals surface area contributed by atoms with E-state index in [2.05, 4.69) is 26.1 Å². The molecule has 4 unspecified atom stereocenters. The first-order valence-corrected chi connectivity index (χ1v) is 8.91. The van der Waals surface area contributed by atoms with E-state index in [-0.39, 0.29) is 5.60 Å². The Morgan fingerprint density at radius 2 is 1.85 bits per heavy atom. The summed E-state index contributed by atoms with van der Waals surface area (Å²) in [7, 11) is 1.95. The summed E-state index contributed by atoms with van der Waals surface area (Å²) in [5.41, 5.74) is 0.125. The molecule has 1 N–H and O–H groups in total. The van der Waals surface area contributed by atoms with Gasteiger partial charge in [-0.25, -0.2) is 0 Å². The average Bonchev–Trinajstić information content (AvgIpc) is 2.93. The van der Waals surface area contributed by atoms with E-state index in [4.69, 9.17) is 4.74 Å². The molecule has 0 saturated heterocycles. The molecule has 0 heterocycles. The van der Waals surface area contributed by atoms with Gasteiger partial charge in [0.25, 0.3) is 0 Å². The second kappa shape index (κ2) is 7.26. The summed E-state index contributed by atoms with van der Waals surface area (Å²) in [6.45, 7) is 8.28. The smallest absolute Gasteiger partial charge is 0.0833 e. The fourth-order valence-corrected chi connectivity index (χ4v) is 4.59. The van der Waals surface area contributed by atoms with Crippen LogP contribution in [-0.4, -0.2) is 25.3 Å². The van der Waals surface area contributed by atoms with Crippen LogP contribution in [0.5, 0.6) is 0 Å². The van der Waals surface area contributed by atoms with Crippen LogP contribution in [0.1, 0.15) is 72.1 Å². The van der Waals surface area contributed by atoms with Gasteiger partial charge in [0.1, 0.15) is 0 Å². The lowest BCUT2D eigenvalue weighted by Gasteiger charge is -2.45. The number of hydrogen-bond donors (Lipinski definition) is 1. The molecule has 0 bridgehead atoms. The summed E-state index contributed by atoms with van der Waals surface area (Å²) < 4.78 is 6.11. The van der Waals surface area contributed by atoms with Crippen LogP contribution < -0.4 is 5.32 Å². The quantitative estimate of drug-likeness (QED) is 0.780. The van der Waals surface area contributed by atoms with Crippen LogP contribution in [0.25, 0.3) is 0 Å². The molecule has 2 nitrogen and oxygen atoms in total. The standard InChI is InChI=1S/C18H35NO/c1-5-12-19-17(18(20-4)10-6-7-11-18)16-9-8-14(2)15(3)13-16/h14-17,19H,5-13H2,1-4H3. The molecule has 118 valence electrons. The molecule has 0 aliphatic heterocycles. The zero-order valence-corrected chi connectivity index (χ0v) is 14.1. The molecule has 2 saturated carbocycles. The highest BCUT2D eigenvalue weighted by atomic mass is 16.5. The van der Waals surface area contributed by atoms with Crippen LogP contribution in [-0.2, 0) is 4.74 Å². The van der Waals surface area contributed by atoms with Crippen molar-refractivity contribution in [3.05, 3.63) is 0 Å². The fourth-order valence-electron chi connectivity index (χ4n) is 4.59. The Morgan fingerprint density at radius 3 is 2.40 bits per heavy atom. The van der Waals surface area contributed by atoms with Crippen LogP contribution in [0.4, 0.5) is 0 Å². The first-order valence-electron chi connectivity index (χ1n) is 8.91. The van der Waals surface area contributed by atoms with Crippen LogP contribution in [0.15, 0.2) is 0 Å². The molecule has 20 heavy (non-hydrogen) atoms. The van der Waals surface area contributed by atoms with Crippen molar-refractivity contribution in [2.45, 2.75) is 83.8 Å². The SMILES string of the molecule is CCCNC(C1CCC(C)C(C)C1)C1(OC)CCCC1. The number of methoxy groups -OCH3 is 1. The van der Waals surface area contributed by atoms with Crippen molar-refractivity contribution < 1.29 is 4.74 Å². The maximum atomic E-state index is 6.11. The maximum Gasteiger partial charge on any atom is 0.0833 e. The summed E-state index contributed by atoms with van der Waals surface area (Å²) in [6.07, 6.45) is 10.6. The highest BCUT2D eigenvalue weighted by Crippen LogP contribution is 2.44. The van der Waals surface area contributed by atoms with Crippen molar-refractivity contribution in [3.63, 3.8) is 0 Å². The molecule has 0 radical (unpaired) electrons. The van der Waals surface area contributed by atoms with Gasteiger partial charge < -0.3 is 10.1 Å². The first-order chi connectivity index (χ1) is 9.63. The number of ether oxygens (including phenoxy) is 1. The van der Waals surface area contributed by atoms with E-state index < -0.39 is 0 Å². The van der Waals surface area contributed by atoms with Gasteiger partial charge in [0.15, 0.2) is 0 Å². The molecule has 0 aromatic carbocycles. The van der Waals surface area contributed by atoms with Gasteiger partial charge in [-0.3, -0.25) is 0 Å². The summed E-state index contributed by atoms with van der Waals surface area (Å²) >= 11 is 0. The summed E-state index contributed by atoms with van der Waals surface area (Å²) in [4.78, 5) is 0. The van der Waals surface area contributed by atoms with Gasteiger partial charge in [0.2, 0.25) is 0 Å². The van der Waals surface area contributed by atoms with Crippen LogP contribution in [0, 0.1) is 17.8 Å². The minimum absolute atomic E-state index is 0.125. The van der Waals surface area contributed by atoms with Gasteiger partial charge in [0, 0.05) is 13.2 Å². The van der Waals surface area contributed by atoms with Crippen LogP contribution in [0.2, 0.25) is 0 Å². The van der Waals surface area contributed by atoms with Crippen molar-refractivity contribution in [3.8, 4) is 0 Å². The summed E-state index contributed by atoms with van der Waals surface area (Å²) in [5.74, 6) is 2.58. The Morgan fingerprint density at radius 1 is 1.15 bits per heavy atom. The van der Waals surface area contributed by atoms with Crippen LogP contribution >= 0.6 is 0 Å². The van der Waals surface area contributed by atoms with E-state index in [9.17, 15) is 0 Å². The molecule has 2 fully saturated rings. The normalized spacial score (nSPS) is 35.1. The molecule has 0 aromatic heterocycles. The molecule has 0 spiro atoms. The van der Waals surface area contributed by atoms with E-state index in [0.717, 1.165) is 24.3 Å². The highest BCUT2D eigenvalue weighted by molar-refractivity contribution is 5.01. The number of rotatable bonds is 6. The molecule has 0 aromatic rings. The Kier molecular flexibility index (Phi) is 5.92. The molecule has 2 rings (SSSR count). The van der Waals surface area contributed by atoms with Crippen LogP contribution in [0.3, 0.4) is 0 Å². The number of nitrogens with one attached hydrogen (secondary N) is 1. The number of hydrogen-bond acceptors (Lipinski definition) is 2. The summed E-state index contributed by atoms with van der Waals surface area (Å²) in [6, 6.07) is 0.574. The molecular formula is C18H35NO. The molecule has 2 aliphatic rings. The van der Waals surface area contributed by atoms with Crippen molar-refractivity contribution in [2.24, 2.45) is 17.8 Å². The Labute approximate surface area is 126 Å². The molecule has 0 amide bonds. The highest BCUT2D eigenvalue weighted by Gasteiger charge is 2.46. The van der Waals surface area contributed by atoms with Crippen molar-refractivity contribution in [2.75, 3.05) is 13.7 Å². The monoisotopic (exact) mass is 281 g/mol. The van der Waals surface area contributed by atoms with Crippen molar-refractivity contribution in [1.29, 1.82) is 0 Å². The largest absolute Gasteiger partial charge is 0.377 e. The predicted molar refractivity (Wildman–Crippen MR) is 86.0 cm³/mol. The molecule has 4 atom stereocenters. The topological polar surface area (TPSA) is 21.3 Å². The second-order valence-electron chi connectivity index (χ2n) is 7.44. The van der Waals surface area contributed by atoms with E-state index in [0.29, 0.717) is 6.04 Å². The van der Waals surface area contributed by atoms with Gasteiger partial charge in [-0.05, 0) is 56.4 Å². The van der Waals surface area contributed by atoms with E-state index in [1.807, 2.05) is 7.11 Å². The van der Waals surface area contributed by atoms with Crippen molar-refractivity contribution >= 4 is 0 Å². The third kappa shape index (κ3) is 3.39. The zero-order chi connectivity index (χ0) is 14.6. The Balaban J connectivity index is 2.10. The Hall–Kier alpha value is -0.0800. The van der Waals surface area contributed by atoms with E-state index in [1.165, 1.54) is 51.4 Å². The molecule has 2 aliphatic carbocycles. The second-order valence-corrected chi connectivity index (χ2v) is 7.44. The van der Waals surface area contributed by atoms with Crippen molar-refractivity contribution in [1.82, 2.24) is 5.32 Å². The molecule has 2 heteroatoms. The maximum absolute atomic E-state index is 6.11. The zero-order valence-electron chi connectivity index (χ0n) is 14.1. The lowest BCUT2D eigenvalue weighted by atomic mass is 9.69. The van der Waals surface area contributed by atoms with Gasteiger partial charge in [-0.15, -0.1) is 0 Å². The van der Waals surface area contributed by atoms with E-state index in [1.54, 1.807) is 0 Å².